The predicted octanol–water partition coefficient (Wildman–Crippen LogP) is 4.02. The van der Waals surface area contributed by atoms with Gasteiger partial charge in [-0.15, -0.1) is 0 Å². The maximum Gasteiger partial charge on any atom is 0.183 e. The van der Waals surface area contributed by atoms with Gasteiger partial charge in [-0.05, 0) is 63.6 Å². The van der Waals surface area contributed by atoms with Crippen molar-refractivity contribution in [1.29, 1.82) is 0 Å². The summed E-state index contributed by atoms with van der Waals surface area (Å²) >= 11 is 6.85. The van der Waals surface area contributed by atoms with E-state index in [2.05, 4.69) is 37.2 Å². The lowest BCUT2D eigenvalue weighted by Gasteiger charge is -2.30. The van der Waals surface area contributed by atoms with Crippen LogP contribution in [0.5, 0.6) is 0 Å². The van der Waals surface area contributed by atoms with E-state index in [0.717, 1.165) is 40.5 Å². The molecule has 2 atom stereocenters. The van der Waals surface area contributed by atoms with E-state index >= 15 is 0 Å². The van der Waals surface area contributed by atoms with E-state index in [0.29, 0.717) is 5.92 Å². The first-order chi connectivity index (χ1) is 8.74. The van der Waals surface area contributed by atoms with Crippen LogP contribution in [-0.4, -0.2) is 19.2 Å². The van der Waals surface area contributed by atoms with Crippen LogP contribution in [-0.2, 0) is 4.74 Å². The van der Waals surface area contributed by atoms with Gasteiger partial charge in [0, 0.05) is 25.1 Å². The van der Waals surface area contributed by atoms with Crippen molar-refractivity contribution in [3.63, 3.8) is 0 Å². The Balaban J connectivity index is 1.69. The summed E-state index contributed by atoms with van der Waals surface area (Å²) in [6, 6.07) is 2.77. The molecule has 3 rings (SSSR count). The Labute approximate surface area is 124 Å². The summed E-state index contributed by atoms with van der Waals surface area (Å²) in [5.74, 6) is 1.44. The highest BCUT2D eigenvalue weighted by atomic mass is 79.9. The van der Waals surface area contributed by atoms with Crippen molar-refractivity contribution in [3.8, 4) is 0 Å². The van der Waals surface area contributed by atoms with Gasteiger partial charge < -0.3 is 14.5 Å². The standard InChI is InChI=1S/C13H17Br2NO2/c14-10-6-11(18-13(10)15)12-8(2-1-5-17-12)7-16-9-3-4-9/h6,8-9,12,16H,1-5,7H2. The van der Waals surface area contributed by atoms with E-state index in [1.165, 1.54) is 19.3 Å². The summed E-state index contributed by atoms with van der Waals surface area (Å²) in [5, 5.41) is 3.60. The fourth-order valence-electron chi connectivity index (χ4n) is 2.48. The Morgan fingerprint density at radius 3 is 2.78 bits per heavy atom. The van der Waals surface area contributed by atoms with Gasteiger partial charge in [-0.3, -0.25) is 0 Å². The highest BCUT2D eigenvalue weighted by Gasteiger charge is 2.32. The summed E-state index contributed by atoms with van der Waals surface area (Å²) in [4.78, 5) is 0. The molecule has 0 bridgehead atoms. The minimum atomic E-state index is 0.0904. The van der Waals surface area contributed by atoms with Crippen molar-refractivity contribution in [2.24, 2.45) is 5.92 Å². The second kappa shape index (κ2) is 5.65. The maximum absolute atomic E-state index is 5.92. The third-order valence-corrected chi connectivity index (χ3v) is 5.35. The highest BCUT2D eigenvalue weighted by Crippen LogP contribution is 2.38. The van der Waals surface area contributed by atoms with Gasteiger partial charge >= 0.3 is 0 Å². The lowest BCUT2D eigenvalue weighted by atomic mass is 9.92. The topological polar surface area (TPSA) is 34.4 Å². The first kappa shape index (κ1) is 13.2. The first-order valence-electron chi connectivity index (χ1n) is 6.54. The molecule has 2 unspecified atom stereocenters. The summed E-state index contributed by atoms with van der Waals surface area (Å²) in [7, 11) is 0. The van der Waals surface area contributed by atoms with Crippen LogP contribution in [0.1, 0.15) is 37.5 Å². The number of hydrogen-bond acceptors (Lipinski definition) is 3. The quantitative estimate of drug-likeness (QED) is 0.858. The lowest BCUT2D eigenvalue weighted by molar-refractivity contribution is -0.0400. The van der Waals surface area contributed by atoms with Crippen LogP contribution in [0.4, 0.5) is 0 Å². The average molecular weight is 379 g/mol. The Hall–Kier alpha value is 0.160. The third-order valence-electron chi connectivity index (χ3n) is 3.64. The maximum atomic E-state index is 5.92. The van der Waals surface area contributed by atoms with E-state index in [-0.39, 0.29) is 6.10 Å². The zero-order valence-corrected chi connectivity index (χ0v) is 13.3. The van der Waals surface area contributed by atoms with Crippen LogP contribution in [0.2, 0.25) is 0 Å². The number of ether oxygens (including phenoxy) is 1. The smallest absolute Gasteiger partial charge is 0.183 e. The van der Waals surface area contributed by atoms with Gasteiger partial charge in [0.1, 0.15) is 11.9 Å². The van der Waals surface area contributed by atoms with Gasteiger partial charge in [0.15, 0.2) is 4.67 Å². The molecule has 2 aliphatic rings. The van der Waals surface area contributed by atoms with Crippen LogP contribution < -0.4 is 5.32 Å². The molecule has 1 aliphatic heterocycles. The molecular weight excluding hydrogens is 362 g/mol. The number of furan rings is 1. The Morgan fingerprint density at radius 1 is 1.28 bits per heavy atom. The van der Waals surface area contributed by atoms with Crippen molar-refractivity contribution >= 4 is 31.9 Å². The average Bonchev–Trinajstić information content (AvgIpc) is 3.14. The van der Waals surface area contributed by atoms with Crippen LogP contribution >= 0.6 is 31.9 Å². The molecule has 0 aromatic carbocycles. The van der Waals surface area contributed by atoms with E-state index in [1.807, 2.05) is 6.07 Å². The van der Waals surface area contributed by atoms with Crippen molar-refractivity contribution < 1.29 is 9.15 Å². The number of hydrogen-bond donors (Lipinski definition) is 1. The summed E-state index contributed by atoms with van der Waals surface area (Å²) < 4.78 is 13.4. The van der Waals surface area contributed by atoms with Gasteiger partial charge in [-0.2, -0.15) is 0 Å². The molecule has 2 fully saturated rings. The molecule has 100 valence electrons. The molecule has 1 saturated carbocycles. The minimum absolute atomic E-state index is 0.0904. The molecule has 1 aromatic heterocycles. The molecule has 0 spiro atoms. The molecule has 0 radical (unpaired) electrons. The molecule has 5 heteroatoms. The highest BCUT2D eigenvalue weighted by molar-refractivity contribution is 9.13. The van der Waals surface area contributed by atoms with Gasteiger partial charge in [-0.25, -0.2) is 0 Å². The Morgan fingerprint density at radius 2 is 2.11 bits per heavy atom. The Kier molecular flexibility index (Phi) is 4.13. The molecule has 3 nitrogen and oxygen atoms in total. The van der Waals surface area contributed by atoms with E-state index < -0.39 is 0 Å². The van der Waals surface area contributed by atoms with Crippen molar-refractivity contribution in [2.45, 2.75) is 37.8 Å². The van der Waals surface area contributed by atoms with Gasteiger partial charge in [0.05, 0.1) is 4.47 Å². The van der Waals surface area contributed by atoms with Gasteiger partial charge in [-0.1, -0.05) is 0 Å². The number of nitrogens with one attached hydrogen (secondary N) is 1. The number of rotatable bonds is 4. The second-order valence-electron chi connectivity index (χ2n) is 5.15. The molecule has 2 heterocycles. The number of halogens is 2. The van der Waals surface area contributed by atoms with E-state index in [9.17, 15) is 0 Å². The fraction of sp³-hybridized carbons (Fsp3) is 0.692. The van der Waals surface area contributed by atoms with Crippen LogP contribution in [0.25, 0.3) is 0 Å². The SMILES string of the molecule is Brc1cc(C2OCCCC2CNC2CC2)oc1Br. The normalized spacial score (nSPS) is 28.6. The second-order valence-corrected chi connectivity index (χ2v) is 6.72. The molecule has 1 aromatic rings. The third kappa shape index (κ3) is 3.00. The molecule has 1 aliphatic carbocycles. The molecule has 1 N–H and O–H groups in total. The molecular formula is C13H17Br2NO2. The molecule has 0 amide bonds. The summed E-state index contributed by atoms with van der Waals surface area (Å²) in [6.45, 7) is 1.87. The van der Waals surface area contributed by atoms with E-state index in [1.54, 1.807) is 0 Å². The first-order valence-corrected chi connectivity index (χ1v) is 8.12. The lowest BCUT2D eigenvalue weighted by Crippen LogP contribution is -2.32. The molecule has 18 heavy (non-hydrogen) atoms. The summed E-state index contributed by atoms with van der Waals surface area (Å²) in [6.07, 6.45) is 5.11. The molecule has 1 saturated heterocycles. The Bertz CT molecular complexity index is 398. The largest absolute Gasteiger partial charge is 0.450 e. The zero-order chi connectivity index (χ0) is 12.5. The van der Waals surface area contributed by atoms with Crippen molar-refractivity contribution in [1.82, 2.24) is 5.32 Å². The van der Waals surface area contributed by atoms with E-state index in [4.69, 9.17) is 9.15 Å². The zero-order valence-electron chi connectivity index (χ0n) is 10.1. The van der Waals surface area contributed by atoms with Crippen LogP contribution in [0.15, 0.2) is 19.6 Å². The van der Waals surface area contributed by atoms with Crippen LogP contribution in [0.3, 0.4) is 0 Å². The van der Waals surface area contributed by atoms with Crippen molar-refractivity contribution in [3.05, 3.63) is 21.0 Å². The van der Waals surface area contributed by atoms with Gasteiger partial charge in [0.25, 0.3) is 0 Å². The monoisotopic (exact) mass is 377 g/mol. The van der Waals surface area contributed by atoms with Crippen LogP contribution in [0, 0.1) is 5.92 Å². The fourth-order valence-corrected chi connectivity index (χ4v) is 3.08. The van der Waals surface area contributed by atoms with Crippen molar-refractivity contribution in [2.75, 3.05) is 13.2 Å². The van der Waals surface area contributed by atoms with Gasteiger partial charge in [0.2, 0.25) is 0 Å². The summed E-state index contributed by atoms with van der Waals surface area (Å²) in [5.41, 5.74) is 0. The predicted molar refractivity (Wildman–Crippen MR) is 76.5 cm³/mol. The minimum Gasteiger partial charge on any atom is -0.450 e.